The van der Waals surface area contributed by atoms with Crippen LogP contribution in [0.4, 0.5) is 11.4 Å². The number of nitrogens with zero attached hydrogens (tertiary/aromatic N) is 2. The summed E-state index contributed by atoms with van der Waals surface area (Å²) in [5.74, 6) is 0.0259. The van der Waals surface area contributed by atoms with Crippen LogP contribution in [0.25, 0.3) is 0 Å². The molecule has 144 valence electrons. The first-order chi connectivity index (χ1) is 13.3. The van der Waals surface area contributed by atoms with Crippen molar-refractivity contribution in [2.75, 3.05) is 23.3 Å². The summed E-state index contributed by atoms with van der Waals surface area (Å²) >= 11 is 0. The van der Waals surface area contributed by atoms with E-state index in [4.69, 9.17) is 0 Å². The maximum absolute atomic E-state index is 12.9. The lowest BCUT2D eigenvalue weighted by molar-refractivity contribution is -0.118. The van der Waals surface area contributed by atoms with Gasteiger partial charge in [-0.2, -0.15) is 0 Å². The summed E-state index contributed by atoms with van der Waals surface area (Å²) < 4.78 is 0. The number of amides is 1. The van der Waals surface area contributed by atoms with Crippen LogP contribution in [0.1, 0.15) is 44.7 Å². The first-order valence-electron chi connectivity index (χ1n) is 10.1. The summed E-state index contributed by atoms with van der Waals surface area (Å²) in [4.78, 5) is 19.6. The summed E-state index contributed by atoms with van der Waals surface area (Å²) in [6, 6.07) is 13.8. The van der Waals surface area contributed by atoms with Crippen LogP contribution in [0, 0.1) is 0 Å². The van der Waals surface area contributed by atoms with E-state index in [-0.39, 0.29) is 11.9 Å². The summed E-state index contributed by atoms with van der Waals surface area (Å²) in [5.41, 5.74) is 3.00. The van der Waals surface area contributed by atoms with E-state index >= 15 is 0 Å². The van der Waals surface area contributed by atoms with Crippen molar-refractivity contribution in [2.24, 2.45) is 0 Å². The van der Waals surface area contributed by atoms with E-state index in [9.17, 15) is 4.79 Å². The monoisotopic (exact) mass is 366 g/mol. The summed E-state index contributed by atoms with van der Waals surface area (Å²) in [5, 5.41) is 6.48. The minimum Gasteiger partial charge on any atom is -0.371 e. The minimum absolute atomic E-state index is 0.0259. The molecule has 0 bridgehead atoms. The van der Waals surface area contributed by atoms with Crippen molar-refractivity contribution in [2.45, 2.75) is 51.6 Å². The first-order valence-corrected chi connectivity index (χ1v) is 10.1. The van der Waals surface area contributed by atoms with Crippen molar-refractivity contribution < 1.29 is 4.79 Å². The first kappa shape index (κ1) is 19.4. The molecule has 5 nitrogen and oxygen atoms in total. The Morgan fingerprint density at radius 2 is 2.04 bits per heavy atom. The number of anilines is 2. The van der Waals surface area contributed by atoms with E-state index in [2.05, 4.69) is 39.6 Å². The average molecular weight is 367 g/mol. The smallest absolute Gasteiger partial charge is 0.241 e. The lowest BCUT2D eigenvalue weighted by Crippen LogP contribution is -2.40. The van der Waals surface area contributed by atoms with Crippen molar-refractivity contribution in [1.82, 2.24) is 10.3 Å². The molecule has 1 fully saturated rings. The topological polar surface area (TPSA) is 57.3 Å². The minimum atomic E-state index is -0.220. The van der Waals surface area contributed by atoms with E-state index in [0.29, 0.717) is 6.54 Å². The number of benzene rings is 1. The van der Waals surface area contributed by atoms with E-state index < -0.39 is 0 Å². The van der Waals surface area contributed by atoms with Gasteiger partial charge in [-0.1, -0.05) is 31.9 Å². The third-order valence-electron chi connectivity index (χ3n) is 5.00. The van der Waals surface area contributed by atoms with E-state index in [1.54, 1.807) is 6.20 Å². The molecule has 0 aliphatic carbocycles. The molecule has 0 saturated carbocycles. The third-order valence-corrected chi connectivity index (χ3v) is 5.00. The lowest BCUT2D eigenvalue weighted by Gasteiger charge is -2.20. The van der Waals surface area contributed by atoms with Gasteiger partial charge in [-0.3, -0.25) is 9.78 Å². The van der Waals surface area contributed by atoms with Gasteiger partial charge in [0.15, 0.2) is 0 Å². The van der Waals surface area contributed by atoms with Crippen LogP contribution in [0.5, 0.6) is 0 Å². The Morgan fingerprint density at radius 1 is 1.19 bits per heavy atom. The molecule has 5 heteroatoms. The second-order valence-corrected chi connectivity index (χ2v) is 7.13. The van der Waals surface area contributed by atoms with Gasteiger partial charge in [0.25, 0.3) is 0 Å². The Kier molecular flexibility index (Phi) is 7.22. The van der Waals surface area contributed by atoms with E-state index in [0.717, 1.165) is 43.7 Å². The van der Waals surface area contributed by atoms with E-state index in [1.165, 1.54) is 18.5 Å². The molecule has 2 N–H and O–H groups in total. The van der Waals surface area contributed by atoms with Gasteiger partial charge < -0.3 is 15.5 Å². The number of hydrogen-bond donors (Lipinski definition) is 2. The Hall–Kier alpha value is -2.40. The summed E-state index contributed by atoms with van der Waals surface area (Å²) in [7, 11) is 0. The number of unbranched alkanes of at least 4 members (excludes halogenated alkanes) is 1. The summed E-state index contributed by atoms with van der Waals surface area (Å²) in [6.45, 7) is 4.94. The predicted octanol–water partition coefficient (Wildman–Crippen LogP) is 3.97. The standard InChI is InChI=1S/C22H30N4O/c1-2-3-12-21(24-17-19-9-4-5-13-23-19)22(27)25-18-10-8-11-20(16-18)26-14-6-7-15-26/h4-5,8-11,13,16,21,24H,2-3,6-7,12,14-15,17H2,1H3,(H,25,27). The Labute approximate surface area is 162 Å². The average Bonchev–Trinajstić information content (AvgIpc) is 3.24. The fraction of sp³-hybridized carbons (Fsp3) is 0.455. The fourth-order valence-corrected chi connectivity index (χ4v) is 3.45. The number of hydrogen-bond acceptors (Lipinski definition) is 4. The highest BCUT2D eigenvalue weighted by Gasteiger charge is 2.18. The molecule has 1 amide bonds. The third kappa shape index (κ3) is 5.79. The number of aromatic nitrogens is 1. The molecule has 1 aromatic carbocycles. The van der Waals surface area contributed by atoms with Crippen molar-refractivity contribution >= 4 is 17.3 Å². The van der Waals surface area contributed by atoms with Crippen LogP contribution < -0.4 is 15.5 Å². The van der Waals surface area contributed by atoms with Gasteiger partial charge >= 0.3 is 0 Å². The molecule has 3 rings (SSSR count). The molecule has 1 aliphatic heterocycles. The SMILES string of the molecule is CCCCC(NCc1ccccn1)C(=O)Nc1cccc(N2CCCC2)c1. The highest BCUT2D eigenvalue weighted by atomic mass is 16.2. The van der Waals surface area contributed by atoms with Gasteiger partial charge in [0.05, 0.1) is 11.7 Å². The highest BCUT2D eigenvalue weighted by molar-refractivity contribution is 5.95. The second kappa shape index (κ2) is 10.1. The second-order valence-electron chi connectivity index (χ2n) is 7.13. The molecule has 2 aromatic rings. The van der Waals surface area contributed by atoms with E-state index in [1.807, 2.05) is 30.3 Å². The van der Waals surface area contributed by atoms with Crippen molar-refractivity contribution in [3.63, 3.8) is 0 Å². The van der Waals surface area contributed by atoms with Crippen LogP contribution in [0.15, 0.2) is 48.7 Å². The van der Waals surface area contributed by atoms with Crippen molar-refractivity contribution in [3.8, 4) is 0 Å². The van der Waals surface area contributed by atoms with Crippen LogP contribution >= 0.6 is 0 Å². The van der Waals surface area contributed by atoms with Gasteiger partial charge in [0.2, 0.25) is 5.91 Å². The number of nitrogens with one attached hydrogen (secondary N) is 2. The van der Waals surface area contributed by atoms with Gasteiger partial charge in [-0.15, -0.1) is 0 Å². The highest BCUT2D eigenvalue weighted by Crippen LogP contribution is 2.23. The molecule has 1 aromatic heterocycles. The Morgan fingerprint density at radius 3 is 2.78 bits per heavy atom. The number of pyridine rings is 1. The molecule has 1 saturated heterocycles. The van der Waals surface area contributed by atoms with Crippen LogP contribution in [0.2, 0.25) is 0 Å². The fourth-order valence-electron chi connectivity index (χ4n) is 3.45. The van der Waals surface area contributed by atoms with Crippen molar-refractivity contribution in [1.29, 1.82) is 0 Å². The largest absolute Gasteiger partial charge is 0.371 e. The molecule has 1 atom stereocenters. The van der Waals surface area contributed by atoms with Gasteiger partial charge in [0, 0.05) is 37.2 Å². The molecule has 0 spiro atoms. The maximum Gasteiger partial charge on any atom is 0.241 e. The van der Waals surface area contributed by atoms with Crippen LogP contribution in [-0.2, 0) is 11.3 Å². The predicted molar refractivity (Wildman–Crippen MR) is 111 cm³/mol. The molecular formula is C22H30N4O. The van der Waals surface area contributed by atoms with Crippen molar-refractivity contribution in [3.05, 3.63) is 54.4 Å². The maximum atomic E-state index is 12.9. The number of rotatable bonds is 9. The number of carbonyl (C=O) groups excluding carboxylic acids is 1. The van der Waals surface area contributed by atoms with Gasteiger partial charge in [-0.25, -0.2) is 0 Å². The zero-order valence-electron chi connectivity index (χ0n) is 16.2. The summed E-state index contributed by atoms with van der Waals surface area (Å²) in [6.07, 6.45) is 7.17. The molecule has 1 aliphatic rings. The van der Waals surface area contributed by atoms with Gasteiger partial charge in [0.1, 0.15) is 0 Å². The number of carbonyl (C=O) groups is 1. The zero-order valence-corrected chi connectivity index (χ0v) is 16.2. The zero-order chi connectivity index (χ0) is 18.9. The Balaban J connectivity index is 1.62. The Bertz CT molecular complexity index is 713. The molecule has 27 heavy (non-hydrogen) atoms. The van der Waals surface area contributed by atoms with Gasteiger partial charge in [-0.05, 0) is 49.6 Å². The molecule has 1 unspecified atom stereocenters. The normalized spacial score (nSPS) is 14.9. The quantitative estimate of drug-likeness (QED) is 0.705. The molecular weight excluding hydrogens is 336 g/mol. The van der Waals surface area contributed by atoms with Crippen LogP contribution in [-0.4, -0.2) is 30.0 Å². The lowest BCUT2D eigenvalue weighted by atomic mass is 10.1. The molecule has 2 heterocycles. The van der Waals surface area contributed by atoms with Crippen LogP contribution in [0.3, 0.4) is 0 Å². The molecule has 0 radical (unpaired) electrons.